The van der Waals surface area contributed by atoms with E-state index in [0.717, 1.165) is 11.4 Å². The molecule has 0 aliphatic heterocycles. The topological polar surface area (TPSA) is 59.9 Å². The zero-order chi connectivity index (χ0) is 12.3. The van der Waals surface area contributed by atoms with Gasteiger partial charge in [0.25, 0.3) is 0 Å². The molecule has 0 unspecified atom stereocenters. The lowest BCUT2D eigenvalue weighted by molar-refractivity contribution is 0.594. The maximum atomic E-state index is 12.0. The molecular formula is C11H12N2O2S2. The molecule has 0 fully saturated rings. The third-order valence-corrected chi connectivity index (χ3v) is 4.91. The highest BCUT2D eigenvalue weighted by atomic mass is 32.2. The summed E-state index contributed by atoms with van der Waals surface area (Å²) in [6.07, 6.45) is 3.75. The van der Waals surface area contributed by atoms with Gasteiger partial charge in [0.2, 0.25) is 0 Å². The van der Waals surface area contributed by atoms with Gasteiger partial charge < -0.3 is 0 Å². The van der Waals surface area contributed by atoms with Crippen molar-refractivity contribution < 1.29 is 8.42 Å². The maximum absolute atomic E-state index is 12.0. The Bertz CT molecular complexity index is 591. The second-order valence-corrected chi connectivity index (χ2v) is 6.47. The van der Waals surface area contributed by atoms with E-state index in [0.29, 0.717) is 5.69 Å². The van der Waals surface area contributed by atoms with Gasteiger partial charge in [-0.15, -0.1) is 11.3 Å². The Kier molecular flexibility index (Phi) is 3.54. The predicted molar refractivity (Wildman–Crippen MR) is 66.6 cm³/mol. The van der Waals surface area contributed by atoms with Crippen molar-refractivity contribution >= 4 is 21.2 Å². The maximum Gasteiger partial charge on any atom is 0.185 e. The first-order valence-electron chi connectivity index (χ1n) is 5.18. The van der Waals surface area contributed by atoms with Gasteiger partial charge in [0, 0.05) is 17.8 Å². The minimum atomic E-state index is -3.33. The van der Waals surface area contributed by atoms with Crippen molar-refractivity contribution in [3.05, 3.63) is 40.6 Å². The third kappa shape index (κ3) is 2.89. The molecule has 0 aromatic carbocycles. The van der Waals surface area contributed by atoms with Gasteiger partial charge in [0.15, 0.2) is 9.84 Å². The summed E-state index contributed by atoms with van der Waals surface area (Å²) >= 11 is 1.49. The SMILES string of the molecule is CCc1nc(CS(=O)(=O)c2cccnc2)cs1. The Labute approximate surface area is 104 Å². The second-order valence-electron chi connectivity index (χ2n) is 3.53. The zero-order valence-electron chi connectivity index (χ0n) is 9.33. The molecule has 0 saturated heterocycles. The quantitative estimate of drug-likeness (QED) is 0.851. The van der Waals surface area contributed by atoms with Crippen molar-refractivity contribution in [1.29, 1.82) is 0 Å². The lowest BCUT2D eigenvalue weighted by Gasteiger charge is -2.00. The van der Waals surface area contributed by atoms with E-state index >= 15 is 0 Å². The summed E-state index contributed by atoms with van der Waals surface area (Å²) in [5.74, 6) is -0.0603. The van der Waals surface area contributed by atoms with Crippen molar-refractivity contribution in [3.63, 3.8) is 0 Å². The van der Waals surface area contributed by atoms with E-state index in [-0.39, 0.29) is 10.6 Å². The average Bonchev–Trinajstić information content (AvgIpc) is 2.77. The fraction of sp³-hybridized carbons (Fsp3) is 0.273. The molecule has 2 aromatic rings. The summed E-state index contributed by atoms with van der Waals surface area (Å²) < 4.78 is 24.0. The van der Waals surface area contributed by atoms with Crippen LogP contribution in [0.15, 0.2) is 34.8 Å². The number of hydrogen-bond donors (Lipinski definition) is 0. The average molecular weight is 268 g/mol. The summed E-state index contributed by atoms with van der Waals surface area (Å²) in [5.41, 5.74) is 0.607. The van der Waals surface area contributed by atoms with Gasteiger partial charge in [-0.2, -0.15) is 0 Å². The molecule has 4 nitrogen and oxygen atoms in total. The summed E-state index contributed by atoms with van der Waals surface area (Å²) in [5, 5.41) is 2.76. The van der Waals surface area contributed by atoms with Crippen LogP contribution in [0, 0.1) is 0 Å². The molecule has 2 aromatic heterocycles. The first kappa shape index (κ1) is 12.2. The Morgan fingerprint density at radius 1 is 1.41 bits per heavy atom. The lowest BCUT2D eigenvalue weighted by Crippen LogP contribution is -2.05. The molecule has 0 saturated carbocycles. The number of thiazole rings is 1. The molecule has 2 heterocycles. The molecule has 2 rings (SSSR count). The molecule has 90 valence electrons. The van der Waals surface area contributed by atoms with E-state index in [1.165, 1.54) is 17.5 Å². The monoisotopic (exact) mass is 268 g/mol. The minimum Gasteiger partial charge on any atom is -0.263 e. The lowest BCUT2D eigenvalue weighted by atomic mass is 10.5. The second kappa shape index (κ2) is 4.93. The van der Waals surface area contributed by atoms with E-state index in [1.54, 1.807) is 23.7 Å². The number of sulfone groups is 1. The number of rotatable bonds is 4. The van der Waals surface area contributed by atoms with Gasteiger partial charge in [-0.1, -0.05) is 6.92 Å². The Balaban J connectivity index is 2.24. The van der Waals surface area contributed by atoms with Crippen LogP contribution in [0.2, 0.25) is 0 Å². The number of pyridine rings is 1. The molecule has 0 aliphatic rings. The van der Waals surface area contributed by atoms with Gasteiger partial charge in [-0.05, 0) is 18.6 Å². The van der Waals surface area contributed by atoms with Crippen molar-refractivity contribution in [2.75, 3.05) is 0 Å². The smallest absolute Gasteiger partial charge is 0.185 e. The first-order chi connectivity index (χ1) is 8.12. The van der Waals surface area contributed by atoms with Gasteiger partial charge in [0.05, 0.1) is 21.3 Å². The number of nitrogens with zero attached hydrogens (tertiary/aromatic N) is 2. The highest BCUT2D eigenvalue weighted by Gasteiger charge is 2.17. The fourth-order valence-electron chi connectivity index (χ4n) is 1.39. The van der Waals surface area contributed by atoms with Crippen molar-refractivity contribution in [2.45, 2.75) is 24.0 Å². The van der Waals surface area contributed by atoms with E-state index in [1.807, 2.05) is 6.92 Å². The standard InChI is InChI=1S/C11H12N2O2S2/c1-2-11-13-9(7-16-11)8-17(14,15)10-4-3-5-12-6-10/h3-7H,2,8H2,1H3. The fourth-order valence-corrected chi connectivity index (χ4v) is 3.45. The highest BCUT2D eigenvalue weighted by Crippen LogP contribution is 2.17. The first-order valence-corrected chi connectivity index (χ1v) is 7.71. The molecule has 0 N–H and O–H groups in total. The van der Waals surface area contributed by atoms with E-state index in [9.17, 15) is 8.42 Å². The Morgan fingerprint density at radius 2 is 2.24 bits per heavy atom. The largest absolute Gasteiger partial charge is 0.263 e. The third-order valence-electron chi connectivity index (χ3n) is 2.23. The summed E-state index contributed by atoms with van der Waals surface area (Å²) in [6.45, 7) is 2.00. The Hall–Kier alpha value is -1.27. The van der Waals surface area contributed by atoms with Crippen LogP contribution in [0.4, 0.5) is 0 Å². The summed E-state index contributed by atoms with van der Waals surface area (Å²) in [7, 11) is -3.33. The molecule has 0 aliphatic carbocycles. The molecule has 0 radical (unpaired) electrons. The van der Waals surface area contributed by atoms with Gasteiger partial charge >= 0.3 is 0 Å². The van der Waals surface area contributed by atoms with Crippen molar-refractivity contribution in [2.24, 2.45) is 0 Å². The van der Waals surface area contributed by atoms with Crippen LogP contribution in [0.25, 0.3) is 0 Å². The van der Waals surface area contributed by atoms with Crippen LogP contribution in [-0.2, 0) is 22.0 Å². The van der Waals surface area contributed by atoms with Crippen LogP contribution in [0.5, 0.6) is 0 Å². The Morgan fingerprint density at radius 3 is 2.82 bits per heavy atom. The summed E-state index contributed by atoms with van der Waals surface area (Å²) in [4.78, 5) is 8.32. The molecule has 17 heavy (non-hydrogen) atoms. The van der Waals surface area contributed by atoms with E-state index < -0.39 is 9.84 Å². The molecule has 0 spiro atoms. The summed E-state index contributed by atoms with van der Waals surface area (Å²) in [6, 6.07) is 3.17. The number of hydrogen-bond acceptors (Lipinski definition) is 5. The predicted octanol–water partition coefficient (Wildman–Crippen LogP) is 2.07. The zero-order valence-corrected chi connectivity index (χ0v) is 11.0. The molecular weight excluding hydrogens is 256 g/mol. The van der Waals surface area contributed by atoms with Crippen LogP contribution in [0.3, 0.4) is 0 Å². The van der Waals surface area contributed by atoms with Crippen LogP contribution < -0.4 is 0 Å². The van der Waals surface area contributed by atoms with Crippen LogP contribution in [0.1, 0.15) is 17.6 Å². The van der Waals surface area contributed by atoms with Gasteiger partial charge in [0.1, 0.15) is 0 Å². The number of aryl methyl sites for hydroxylation is 1. The van der Waals surface area contributed by atoms with Gasteiger partial charge in [-0.25, -0.2) is 13.4 Å². The van der Waals surface area contributed by atoms with Crippen molar-refractivity contribution in [1.82, 2.24) is 9.97 Å². The highest BCUT2D eigenvalue weighted by molar-refractivity contribution is 7.90. The minimum absolute atomic E-state index is 0.0603. The van der Waals surface area contributed by atoms with Crippen molar-refractivity contribution in [3.8, 4) is 0 Å². The molecule has 6 heteroatoms. The number of aromatic nitrogens is 2. The molecule has 0 atom stereocenters. The van der Waals surface area contributed by atoms with E-state index in [4.69, 9.17) is 0 Å². The molecule has 0 amide bonds. The van der Waals surface area contributed by atoms with Gasteiger partial charge in [-0.3, -0.25) is 4.98 Å². The van der Waals surface area contributed by atoms with E-state index in [2.05, 4.69) is 9.97 Å². The molecule has 0 bridgehead atoms. The van der Waals surface area contributed by atoms with Crippen LogP contribution >= 0.6 is 11.3 Å². The van der Waals surface area contributed by atoms with Crippen LogP contribution in [-0.4, -0.2) is 18.4 Å². The normalized spacial score (nSPS) is 11.6.